The quantitative estimate of drug-likeness (QED) is 0.626. The van der Waals surface area contributed by atoms with E-state index in [1.807, 2.05) is 17.6 Å². The Hall–Kier alpha value is -1.19. The second-order valence-corrected chi connectivity index (χ2v) is 3.96. The monoisotopic (exact) mass is 215 g/mol. The van der Waals surface area contributed by atoms with Gasteiger partial charge in [-0.3, -0.25) is 0 Å². The van der Waals surface area contributed by atoms with Crippen LogP contribution in [0.3, 0.4) is 0 Å². The molecule has 1 unspecified atom stereocenters. The van der Waals surface area contributed by atoms with E-state index in [1.54, 1.807) is 13.1 Å². The maximum Gasteiger partial charge on any atom is 0.395 e. The third kappa shape index (κ3) is 1.68. The largest absolute Gasteiger partial charge is 0.395 e. The Morgan fingerprint density at radius 2 is 2.07 bits per heavy atom. The zero-order valence-electron chi connectivity index (χ0n) is 8.60. The number of alkyl halides is 3. The maximum atomic E-state index is 12.5. The summed E-state index contributed by atoms with van der Waals surface area (Å²) in [6.07, 6.45) is -1.25. The van der Waals surface area contributed by atoms with Crippen LogP contribution in [0, 0.1) is 12.8 Å². The summed E-state index contributed by atoms with van der Waals surface area (Å²) in [7, 11) is 1.81. The van der Waals surface area contributed by atoms with E-state index < -0.39 is 12.1 Å². The van der Waals surface area contributed by atoms with E-state index in [-0.39, 0.29) is 6.42 Å². The Labute approximate surface area is 86.2 Å². The molecule has 2 rings (SSSR count). The second kappa shape index (κ2) is 3.15. The first-order valence-corrected chi connectivity index (χ1v) is 4.79. The van der Waals surface area contributed by atoms with Crippen LogP contribution in [0.25, 0.3) is 6.08 Å². The van der Waals surface area contributed by atoms with E-state index in [0.29, 0.717) is 0 Å². The lowest BCUT2D eigenvalue weighted by Crippen LogP contribution is -2.25. The molecule has 1 aliphatic rings. The lowest BCUT2D eigenvalue weighted by atomic mass is 9.94. The van der Waals surface area contributed by atoms with Crippen molar-refractivity contribution in [3.8, 4) is 0 Å². The number of fused-ring (bicyclic) bond motifs is 1. The van der Waals surface area contributed by atoms with Crippen molar-refractivity contribution in [1.82, 2.24) is 4.57 Å². The number of hydrogen-bond donors (Lipinski definition) is 0. The first-order chi connectivity index (χ1) is 6.89. The summed E-state index contributed by atoms with van der Waals surface area (Å²) in [5.41, 5.74) is 2.68. The Morgan fingerprint density at radius 1 is 1.40 bits per heavy atom. The summed E-state index contributed by atoms with van der Waals surface area (Å²) in [4.78, 5) is 0. The molecule has 1 atom stereocenters. The standard InChI is InChI=1S/C11H12F3N/c1-7-5-8-3-4-9(11(12,13)14)6-10(8)15(7)2/h3-5,9H,6H2,1-2H3. The van der Waals surface area contributed by atoms with Crippen LogP contribution in [-0.2, 0) is 13.5 Å². The van der Waals surface area contributed by atoms with Crippen molar-refractivity contribution < 1.29 is 13.2 Å². The van der Waals surface area contributed by atoms with Crippen LogP contribution in [0.4, 0.5) is 13.2 Å². The Bertz CT molecular complexity index is 412. The topological polar surface area (TPSA) is 4.93 Å². The van der Waals surface area contributed by atoms with Gasteiger partial charge in [-0.05, 0) is 18.6 Å². The molecule has 0 bridgehead atoms. The number of hydrogen-bond acceptors (Lipinski definition) is 0. The molecule has 0 saturated carbocycles. The number of aromatic nitrogens is 1. The highest BCUT2D eigenvalue weighted by Crippen LogP contribution is 2.35. The third-order valence-corrected chi connectivity index (χ3v) is 2.97. The molecule has 1 aromatic rings. The van der Waals surface area contributed by atoms with Gasteiger partial charge in [0.05, 0.1) is 5.92 Å². The zero-order valence-corrected chi connectivity index (χ0v) is 8.60. The summed E-state index contributed by atoms with van der Waals surface area (Å²) in [6, 6.07) is 1.92. The molecule has 0 aliphatic heterocycles. The molecule has 4 heteroatoms. The van der Waals surface area contributed by atoms with Gasteiger partial charge in [0, 0.05) is 24.9 Å². The van der Waals surface area contributed by atoms with Crippen LogP contribution in [0.15, 0.2) is 12.1 Å². The fourth-order valence-electron chi connectivity index (χ4n) is 1.93. The molecule has 1 aliphatic carbocycles. The fraction of sp³-hybridized carbons (Fsp3) is 0.455. The van der Waals surface area contributed by atoms with Crippen molar-refractivity contribution in [2.45, 2.75) is 19.5 Å². The predicted molar refractivity (Wildman–Crippen MR) is 52.4 cm³/mol. The summed E-state index contributed by atoms with van der Waals surface area (Å²) in [5.74, 6) is -1.34. The second-order valence-electron chi connectivity index (χ2n) is 3.96. The molecule has 0 radical (unpaired) electrons. The summed E-state index contributed by atoms with van der Waals surface area (Å²) < 4.78 is 39.4. The SMILES string of the molecule is Cc1cc2c(n1C)CC(C(F)(F)F)C=C2. The lowest BCUT2D eigenvalue weighted by molar-refractivity contribution is -0.161. The molecule has 1 nitrogen and oxygen atoms in total. The predicted octanol–water partition coefficient (Wildman–Crippen LogP) is 3.08. The van der Waals surface area contributed by atoms with E-state index in [2.05, 4.69) is 0 Å². The highest BCUT2D eigenvalue weighted by Gasteiger charge is 2.39. The van der Waals surface area contributed by atoms with Gasteiger partial charge in [0.25, 0.3) is 0 Å². The van der Waals surface area contributed by atoms with Crippen LogP contribution < -0.4 is 0 Å². The van der Waals surface area contributed by atoms with Gasteiger partial charge in [0.2, 0.25) is 0 Å². The first kappa shape index (κ1) is 10.3. The molecule has 15 heavy (non-hydrogen) atoms. The van der Waals surface area contributed by atoms with E-state index in [4.69, 9.17) is 0 Å². The Balaban J connectivity index is 2.37. The number of allylic oxidation sites excluding steroid dienone is 1. The average molecular weight is 215 g/mol. The van der Waals surface area contributed by atoms with Crippen molar-refractivity contribution in [2.24, 2.45) is 13.0 Å². The fourth-order valence-corrected chi connectivity index (χ4v) is 1.93. The van der Waals surface area contributed by atoms with E-state index in [0.717, 1.165) is 17.0 Å². The molecule has 1 aromatic heterocycles. The Kier molecular flexibility index (Phi) is 2.17. The molecule has 82 valence electrons. The summed E-state index contributed by atoms with van der Waals surface area (Å²) in [6.45, 7) is 1.90. The molecule has 0 fully saturated rings. The summed E-state index contributed by atoms with van der Waals surface area (Å²) >= 11 is 0. The average Bonchev–Trinajstić information content (AvgIpc) is 2.41. The minimum atomic E-state index is -4.13. The van der Waals surface area contributed by atoms with Gasteiger partial charge in [-0.25, -0.2) is 0 Å². The van der Waals surface area contributed by atoms with Crippen molar-refractivity contribution in [2.75, 3.05) is 0 Å². The molecule has 0 saturated heterocycles. The Morgan fingerprint density at radius 3 is 2.67 bits per heavy atom. The summed E-state index contributed by atoms with van der Waals surface area (Å²) in [5, 5.41) is 0. The molecule has 0 N–H and O–H groups in total. The number of rotatable bonds is 0. The van der Waals surface area contributed by atoms with Gasteiger partial charge >= 0.3 is 6.18 Å². The molecule has 0 amide bonds. The van der Waals surface area contributed by atoms with Gasteiger partial charge in [0.1, 0.15) is 0 Å². The lowest BCUT2D eigenvalue weighted by Gasteiger charge is -2.21. The van der Waals surface area contributed by atoms with Crippen molar-refractivity contribution in [3.05, 3.63) is 29.1 Å². The first-order valence-electron chi connectivity index (χ1n) is 4.79. The van der Waals surface area contributed by atoms with Crippen LogP contribution in [0.2, 0.25) is 0 Å². The molecule has 0 aromatic carbocycles. The van der Waals surface area contributed by atoms with Crippen molar-refractivity contribution in [1.29, 1.82) is 0 Å². The molecular formula is C11H12F3N. The molecule has 0 spiro atoms. The number of aryl methyl sites for hydroxylation is 1. The van der Waals surface area contributed by atoms with Crippen LogP contribution in [-0.4, -0.2) is 10.7 Å². The number of nitrogens with zero attached hydrogens (tertiary/aromatic N) is 1. The van der Waals surface area contributed by atoms with Gasteiger partial charge in [-0.2, -0.15) is 13.2 Å². The normalized spacial score (nSPS) is 20.5. The van der Waals surface area contributed by atoms with Crippen molar-refractivity contribution in [3.63, 3.8) is 0 Å². The molecule has 1 heterocycles. The van der Waals surface area contributed by atoms with Crippen LogP contribution in [0.5, 0.6) is 0 Å². The minimum absolute atomic E-state index is 0.0552. The van der Waals surface area contributed by atoms with Crippen molar-refractivity contribution >= 4 is 6.08 Å². The van der Waals surface area contributed by atoms with Crippen LogP contribution in [0.1, 0.15) is 17.0 Å². The van der Waals surface area contributed by atoms with E-state index in [9.17, 15) is 13.2 Å². The van der Waals surface area contributed by atoms with Crippen LogP contribution >= 0.6 is 0 Å². The number of halogens is 3. The minimum Gasteiger partial charge on any atom is -0.351 e. The third-order valence-electron chi connectivity index (χ3n) is 2.97. The maximum absolute atomic E-state index is 12.5. The van der Waals surface area contributed by atoms with E-state index in [1.165, 1.54) is 6.08 Å². The highest BCUT2D eigenvalue weighted by molar-refractivity contribution is 5.57. The van der Waals surface area contributed by atoms with Gasteiger partial charge in [0.15, 0.2) is 0 Å². The van der Waals surface area contributed by atoms with Gasteiger partial charge in [-0.15, -0.1) is 0 Å². The van der Waals surface area contributed by atoms with E-state index >= 15 is 0 Å². The highest BCUT2D eigenvalue weighted by atomic mass is 19.4. The smallest absolute Gasteiger partial charge is 0.351 e. The van der Waals surface area contributed by atoms with Gasteiger partial charge in [-0.1, -0.05) is 12.2 Å². The molecular weight excluding hydrogens is 203 g/mol. The van der Waals surface area contributed by atoms with Gasteiger partial charge < -0.3 is 4.57 Å². The zero-order chi connectivity index (χ0) is 11.2.